The van der Waals surface area contributed by atoms with Crippen LogP contribution in [0.15, 0.2) is 53.4 Å². The Morgan fingerprint density at radius 2 is 1.87 bits per heavy atom. The van der Waals surface area contributed by atoms with Gasteiger partial charge in [0, 0.05) is 24.2 Å². The van der Waals surface area contributed by atoms with E-state index in [1.807, 2.05) is 13.8 Å². The molecule has 3 atom stereocenters. The second-order valence-corrected chi connectivity index (χ2v) is 10.1. The highest BCUT2D eigenvalue weighted by Gasteiger charge is 2.46. The quantitative estimate of drug-likeness (QED) is 0.496. The van der Waals surface area contributed by atoms with Crippen LogP contribution in [0, 0.1) is 21.8 Å². The molecule has 0 aromatic heterocycles. The van der Waals surface area contributed by atoms with Crippen LogP contribution in [-0.4, -0.2) is 37.1 Å². The lowest BCUT2D eigenvalue weighted by Crippen LogP contribution is -2.42. The number of rotatable bonds is 7. The SMILES string of the molecule is CC(C)CNC(=O)C1CC(S(=O)(=O)c2ccc([N+](=O)[O-])cc2)C(c2ccccc2F)N1. The van der Waals surface area contributed by atoms with Gasteiger partial charge in [0.2, 0.25) is 5.91 Å². The second-order valence-electron chi connectivity index (χ2n) is 7.93. The van der Waals surface area contributed by atoms with Crippen molar-refractivity contribution in [2.75, 3.05) is 6.54 Å². The average Bonchev–Trinajstić information content (AvgIpc) is 3.18. The summed E-state index contributed by atoms with van der Waals surface area (Å²) >= 11 is 0. The van der Waals surface area contributed by atoms with Crippen LogP contribution in [0.25, 0.3) is 0 Å². The van der Waals surface area contributed by atoms with Crippen molar-refractivity contribution >= 4 is 21.4 Å². The fraction of sp³-hybridized carbons (Fsp3) is 0.381. The van der Waals surface area contributed by atoms with E-state index >= 15 is 0 Å². The van der Waals surface area contributed by atoms with Crippen molar-refractivity contribution in [1.29, 1.82) is 0 Å². The molecular weight excluding hydrogens is 425 g/mol. The Hall–Kier alpha value is -2.85. The molecule has 1 amide bonds. The van der Waals surface area contributed by atoms with Gasteiger partial charge in [0.25, 0.3) is 5.69 Å². The normalized spacial score (nSPS) is 21.2. The Labute approximate surface area is 179 Å². The zero-order valence-electron chi connectivity index (χ0n) is 17.1. The molecule has 166 valence electrons. The van der Waals surface area contributed by atoms with Crippen molar-refractivity contribution in [2.24, 2.45) is 5.92 Å². The Kier molecular flexibility index (Phi) is 6.71. The molecule has 3 unspecified atom stereocenters. The van der Waals surface area contributed by atoms with E-state index in [-0.39, 0.29) is 34.4 Å². The van der Waals surface area contributed by atoms with Gasteiger partial charge in [-0.2, -0.15) is 0 Å². The van der Waals surface area contributed by atoms with E-state index in [0.29, 0.717) is 6.54 Å². The summed E-state index contributed by atoms with van der Waals surface area (Å²) in [5, 5.41) is 15.5. The molecule has 0 spiro atoms. The highest BCUT2D eigenvalue weighted by molar-refractivity contribution is 7.92. The highest BCUT2D eigenvalue weighted by Crippen LogP contribution is 2.37. The maximum Gasteiger partial charge on any atom is 0.269 e. The van der Waals surface area contributed by atoms with Crippen LogP contribution < -0.4 is 10.6 Å². The van der Waals surface area contributed by atoms with E-state index in [4.69, 9.17) is 0 Å². The molecule has 10 heteroatoms. The van der Waals surface area contributed by atoms with Gasteiger partial charge < -0.3 is 5.32 Å². The minimum absolute atomic E-state index is 0.0533. The molecule has 1 aliphatic heterocycles. The lowest BCUT2D eigenvalue weighted by Gasteiger charge is -2.21. The van der Waals surface area contributed by atoms with Crippen molar-refractivity contribution in [1.82, 2.24) is 10.6 Å². The van der Waals surface area contributed by atoms with Crippen LogP contribution in [0.3, 0.4) is 0 Å². The number of nitrogens with one attached hydrogen (secondary N) is 2. The first-order chi connectivity index (χ1) is 14.6. The third-order valence-corrected chi connectivity index (χ3v) is 7.43. The molecule has 2 aromatic rings. The Balaban J connectivity index is 1.96. The summed E-state index contributed by atoms with van der Waals surface area (Å²) in [5.41, 5.74) is -0.0859. The van der Waals surface area contributed by atoms with E-state index < -0.39 is 37.9 Å². The standard InChI is InChI=1S/C21H24FN3O5S/c1-13(2)12-23-21(26)18-11-19(20(24-18)16-5-3-4-6-17(16)22)31(29,30)15-9-7-14(8-10-15)25(27)28/h3-10,13,18-20,24H,11-12H2,1-2H3,(H,23,26). The van der Waals surface area contributed by atoms with Crippen molar-refractivity contribution in [3.63, 3.8) is 0 Å². The summed E-state index contributed by atoms with van der Waals surface area (Å²) in [6.45, 7) is 4.31. The molecule has 1 saturated heterocycles. The van der Waals surface area contributed by atoms with Gasteiger partial charge in [0.05, 0.1) is 27.2 Å². The fourth-order valence-corrected chi connectivity index (χ4v) is 5.52. The minimum atomic E-state index is -4.02. The number of halogens is 1. The summed E-state index contributed by atoms with van der Waals surface area (Å²) in [5.74, 6) is -0.712. The van der Waals surface area contributed by atoms with Crippen molar-refractivity contribution in [3.8, 4) is 0 Å². The number of nitro groups is 1. The van der Waals surface area contributed by atoms with Crippen LogP contribution in [0.4, 0.5) is 10.1 Å². The maximum absolute atomic E-state index is 14.5. The van der Waals surface area contributed by atoms with Gasteiger partial charge >= 0.3 is 0 Å². The molecule has 0 aliphatic carbocycles. The molecule has 1 heterocycles. The number of carbonyl (C=O) groups is 1. The van der Waals surface area contributed by atoms with Crippen molar-refractivity contribution in [3.05, 3.63) is 70.0 Å². The van der Waals surface area contributed by atoms with Gasteiger partial charge in [0.1, 0.15) is 5.82 Å². The Bertz CT molecular complexity index is 1070. The minimum Gasteiger partial charge on any atom is -0.354 e. The first-order valence-corrected chi connectivity index (χ1v) is 11.4. The van der Waals surface area contributed by atoms with Gasteiger partial charge in [-0.15, -0.1) is 0 Å². The fourth-order valence-electron chi connectivity index (χ4n) is 3.63. The molecule has 0 bridgehead atoms. The van der Waals surface area contributed by atoms with Crippen LogP contribution in [0.1, 0.15) is 31.9 Å². The second kappa shape index (κ2) is 9.11. The molecule has 31 heavy (non-hydrogen) atoms. The monoisotopic (exact) mass is 449 g/mol. The highest BCUT2D eigenvalue weighted by atomic mass is 32.2. The summed E-state index contributed by atoms with van der Waals surface area (Å²) in [6, 6.07) is 8.61. The predicted octanol–water partition coefficient (Wildman–Crippen LogP) is 2.75. The number of non-ortho nitro benzene ring substituents is 1. The molecule has 8 nitrogen and oxygen atoms in total. The smallest absolute Gasteiger partial charge is 0.269 e. The van der Waals surface area contributed by atoms with Gasteiger partial charge in [-0.3, -0.25) is 20.2 Å². The lowest BCUT2D eigenvalue weighted by atomic mass is 10.0. The summed E-state index contributed by atoms with van der Waals surface area (Å²) in [7, 11) is -4.02. The predicted molar refractivity (Wildman–Crippen MR) is 113 cm³/mol. The average molecular weight is 450 g/mol. The van der Waals surface area contributed by atoms with Crippen LogP contribution in [0.2, 0.25) is 0 Å². The van der Waals surface area contributed by atoms with Gasteiger partial charge in [0.15, 0.2) is 9.84 Å². The van der Waals surface area contributed by atoms with Crippen LogP contribution in [-0.2, 0) is 14.6 Å². The number of hydrogen-bond donors (Lipinski definition) is 2. The van der Waals surface area contributed by atoms with E-state index in [1.54, 1.807) is 6.07 Å². The summed E-state index contributed by atoms with van der Waals surface area (Å²) in [4.78, 5) is 22.7. The molecule has 3 rings (SSSR count). The number of sulfone groups is 1. The van der Waals surface area contributed by atoms with E-state index in [2.05, 4.69) is 10.6 Å². The largest absolute Gasteiger partial charge is 0.354 e. The van der Waals surface area contributed by atoms with Gasteiger partial charge in [-0.05, 0) is 30.5 Å². The molecule has 1 aliphatic rings. The number of nitro benzene ring substituents is 1. The molecule has 0 saturated carbocycles. The van der Waals surface area contributed by atoms with Crippen molar-refractivity contribution < 1.29 is 22.5 Å². The molecular formula is C21H24FN3O5S. The zero-order valence-corrected chi connectivity index (χ0v) is 17.9. The maximum atomic E-state index is 14.5. The van der Waals surface area contributed by atoms with Crippen LogP contribution >= 0.6 is 0 Å². The van der Waals surface area contributed by atoms with E-state index in [9.17, 15) is 27.7 Å². The number of hydrogen-bond acceptors (Lipinski definition) is 6. The van der Waals surface area contributed by atoms with Crippen molar-refractivity contribution in [2.45, 2.75) is 42.5 Å². The van der Waals surface area contributed by atoms with Gasteiger partial charge in [-0.25, -0.2) is 12.8 Å². The topological polar surface area (TPSA) is 118 Å². The van der Waals surface area contributed by atoms with Crippen LogP contribution in [0.5, 0.6) is 0 Å². The zero-order chi connectivity index (χ0) is 22.8. The summed E-state index contributed by atoms with van der Waals surface area (Å²) in [6.07, 6.45) is -0.0533. The third-order valence-electron chi connectivity index (χ3n) is 5.24. The first kappa shape index (κ1) is 22.8. The molecule has 0 radical (unpaired) electrons. The summed E-state index contributed by atoms with van der Waals surface area (Å²) < 4.78 is 41.3. The van der Waals surface area contributed by atoms with E-state index in [0.717, 1.165) is 24.3 Å². The third kappa shape index (κ3) is 4.91. The molecule has 2 aromatic carbocycles. The number of amides is 1. The Morgan fingerprint density at radius 1 is 1.23 bits per heavy atom. The van der Waals surface area contributed by atoms with Gasteiger partial charge in [-0.1, -0.05) is 32.0 Å². The first-order valence-electron chi connectivity index (χ1n) is 9.87. The number of benzene rings is 2. The number of nitrogens with zero attached hydrogens (tertiary/aromatic N) is 1. The van der Waals surface area contributed by atoms with E-state index in [1.165, 1.54) is 18.2 Å². The lowest BCUT2D eigenvalue weighted by molar-refractivity contribution is -0.384. The Morgan fingerprint density at radius 3 is 2.45 bits per heavy atom. The molecule has 1 fully saturated rings. The number of carbonyl (C=O) groups excluding carboxylic acids is 1. The molecule has 2 N–H and O–H groups in total.